The second-order valence-corrected chi connectivity index (χ2v) is 6.44. The van der Waals surface area contributed by atoms with E-state index in [1.54, 1.807) is 17.0 Å². The fraction of sp³-hybridized carbons (Fsp3) is 0.263. The first-order valence-corrected chi connectivity index (χ1v) is 8.23. The molecule has 0 saturated heterocycles. The zero-order valence-electron chi connectivity index (χ0n) is 13.4. The minimum absolute atomic E-state index is 0.0327. The van der Waals surface area contributed by atoms with Gasteiger partial charge in [0, 0.05) is 29.4 Å². The molecule has 0 aromatic heterocycles. The predicted octanol–water partition coefficient (Wildman–Crippen LogP) is 3.52. The third-order valence-electron chi connectivity index (χ3n) is 4.61. The number of fused-ring (bicyclic) bond motifs is 1. The van der Waals surface area contributed by atoms with E-state index in [0.717, 1.165) is 42.6 Å². The molecule has 1 N–H and O–H groups in total. The Morgan fingerprint density at radius 3 is 2.56 bits per heavy atom. The van der Waals surface area contributed by atoms with Crippen LogP contribution in [-0.2, 0) is 11.2 Å². The van der Waals surface area contributed by atoms with E-state index in [9.17, 15) is 18.4 Å². The van der Waals surface area contributed by atoms with Crippen molar-refractivity contribution < 1.29 is 18.4 Å². The topological polar surface area (TPSA) is 49.4 Å². The average molecular weight is 342 g/mol. The first-order valence-electron chi connectivity index (χ1n) is 8.23. The first-order chi connectivity index (χ1) is 12.0. The lowest BCUT2D eigenvalue weighted by molar-refractivity contribution is -0.119. The lowest BCUT2D eigenvalue weighted by Crippen LogP contribution is -2.30. The predicted molar refractivity (Wildman–Crippen MR) is 89.5 cm³/mol. The summed E-state index contributed by atoms with van der Waals surface area (Å²) in [5.74, 6) is -2.32. The summed E-state index contributed by atoms with van der Waals surface area (Å²) >= 11 is 0. The number of hydrogen-bond donors (Lipinski definition) is 1. The quantitative estimate of drug-likeness (QED) is 0.928. The van der Waals surface area contributed by atoms with Gasteiger partial charge in [-0.3, -0.25) is 9.59 Å². The molecule has 0 radical (unpaired) electrons. The van der Waals surface area contributed by atoms with Crippen LogP contribution in [-0.4, -0.2) is 18.4 Å². The summed E-state index contributed by atoms with van der Waals surface area (Å²) in [4.78, 5) is 26.4. The molecular weight excluding hydrogens is 326 g/mol. The summed E-state index contributed by atoms with van der Waals surface area (Å²) in [5, 5.41) is 2.67. The van der Waals surface area contributed by atoms with Gasteiger partial charge in [-0.1, -0.05) is 6.07 Å². The van der Waals surface area contributed by atoms with Crippen LogP contribution >= 0.6 is 0 Å². The summed E-state index contributed by atoms with van der Waals surface area (Å²) in [6.07, 6.45) is 2.68. The number of nitrogens with one attached hydrogen (secondary N) is 1. The molecule has 1 aliphatic carbocycles. The van der Waals surface area contributed by atoms with Gasteiger partial charge in [0.15, 0.2) is 11.6 Å². The summed E-state index contributed by atoms with van der Waals surface area (Å²) in [5.41, 5.74) is 2.44. The number of carbonyl (C=O) groups excluding carboxylic acids is 2. The number of amides is 2. The van der Waals surface area contributed by atoms with E-state index in [4.69, 9.17) is 0 Å². The normalized spacial score (nSPS) is 15.8. The van der Waals surface area contributed by atoms with Crippen molar-refractivity contribution in [3.8, 4) is 0 Å². The van der Waals surface area contributed by atoms with Crippen molar-refractivity contribution in [3.05, 3.63) is 59.2 Å². The highest BCUT2D eigenvalue weighted by atomic mass is 19.2. The maximum Gasteiger partial charge on any atom is 0.255 e. The van der Waals surface area contributed by atoms with Crippen LogP contribution in [0.2, 0.25) is 0 Å². The van der Waals surface area contributed by atoms with Gasteiger partial charge in [-0.25, -0.2) is 8.78 Å². The third kappa shape index (κ3) is 2.99. The van der Waals surface area contributed by atoms with Crippen molar-refractivity contribution in [1.82, 2.24) is 0 Å². The maximum atomic E-state index is 13.3. The maximum absolute atomic E-state index is 13.3. The highest BCUT2D eigenvalue weighted by Gasteiger charge is 2.36. The second-order valence-electron chi connectivity index (χ2n) is 6.44. The number of hydrogen-bond acceptors (Lipinski definition) is 2. The van der Waals surface area contributed by atoms with Gasteiger partial charge < -0.3 is 10.2 Å². The van der Waals surface area contributed by atoms with Crippen LogP contribution in [0.4, 0.5) is 20.2 Å². The van der Waals surface area contributed by atoms with E-state index in [-0.39, 0.29) is 17.4 Å². The van der Waals surface area contributed by atoms with E-state index in [0.29, 0.717) is 12.2 Å². The third-order valence-corrected chi connectivity index (χ3v) is 4.61. The summed E-state index contributed by atoms with van der Waals surface area (Å²) < 4.78 is 26.3. The Morgan fingerprint density at radius 2 is 1.84 bits per heavy atom. The van der Waals surface area contributed by atoms with E-state index in [1.807, 2.05) is 6.07 Å². The van der Waals surface area contributed by atoms with E-state index < -0.39 is 17.5 Å². The van der Waals surface area contributed by atoms with Gasteiger partial charge in [0.05, 0.1) is 0 Å². The number of carbonyl (C=O) groups is 2. The van der Waals surface area contributed by atoms with Gasteiger partial charge in [0.2, 0.25) is 5.91 Å². The number of nitrogens with zero attached hydrogens (tertiary/aromatic N) is 1. The molecule has 1 aliphatic heterocycles. The molecule has 2 amide bonds. The standard InChI is InChI=1S/C19H16F2N2O2/c20-15-6-4-13(9-16(15)21)18(24)22-14-5-3-11-7-8-23(17(11)10-14)19(25)12-1-2-12/h3-6,9-10,12H,1-2,7-8H2,(H,22,24). The molecule has 6 heteroatoms. The number of rotatable bonds is 3. The van der Waals surface area contributed by atoms with Gasteiger partial charge in [0.25, 0.3) is 5.91 Å². The zero-order chi connectivity index (χ0) is 17.6. The van der Waals surface area contributed by atoms with Crippen LogP contribution in [0, 0.1) is 17.6 Å². The van der Waals surface area contributed by atoms with Gasteiger partial charge in [-0.2, -0.15) is 0 Å². The molecule has 4 nitrogen and oxygen atoms in total. The SMILES string of the molecule is O=C(Nc1ccc2c(c1)N(C(=O)C1CC1)CC2)c1ccc(F)c(F)c1. The van der Waals surface area contributed by atoms with Gasteiger partial charge in [-0.05, 0) is 55.2 Å². The van der Waals surface area contributed by atoms with Crippen LogP contribution in [0.5, 0.6) is 0 Å². The Bertz CT molecular complexity index is 878. The Labute approximate surface area is 143 Å². The Kier molecular flexibility index (Phi) is 3.75. The lowest BCUT2D eigenvalue weighted by Gasteiger charge is -2.18. The highest BCUT2D eigenvalue weighted by Crippen LogP contribution is 2.37. The van der Waals surface area contributed by atoms with Crippen molar-refractivity contribution in [2.24, 2.45) is 5.92 Å². The largest absolute Gasteiger partial charge is 0.322 e. The van der Waals surface area contributed by atoms with Crippen molar-refractivity contribution in [1.29, 1.82) is 0 Å². The molecule has 1 fully saturated rings. The highest BCUT2D eigenvalue weighted by molar-refractivity contribution is 6.05. The lowest BCUT2D eigenvalue weighted by atomic mass is 10.1. The molecular formula is C19H16F2N2O2. The van der Waals surface area contributed by atoms with Crippen molar-refractivity contribution in [2.45, 2.75) is 19.3 Å². The van der Waals surface area contributed by atoms with Crippen molar-refractivity contribution in [3.63, 3.8) is 0 Å². The van der Waals surface area contributed by atoms with E-state index in [2.05, 4.69) is 5.32 Å². The minimum Gasteiger partial charge on any atom is -0.322 e. The van der Waals surface area contributed by atoms with Gasteiger partial charge in [-0.15, -0.1) is 0 Å². The molecule has 128 valence electrons. The molecule has 0 unspecified atom stereocenters. The Hall–Kier alpha value is -2.76. The van der Waals surface area contributed by atoms with Crippen LogP contribution in [0.1, 0.15) is 28.8 Å². The van der Waals surface area contributed by atoms with E-state index in [1.165, 1.54) is 6.07 Å². The molecule has 4 rings (SSSR count). The smallest absolute Gasteiger partial charge is 0.255 e. The second kappa shape index (κ2) is 5.95. The molecule has 1 heterocycles. The average Bonchev–Trinajstić information content (AvgIpc) is 3.36. The van der Waals surface area contributed by atoms with Gasteiger partial charge >= 0.3 is 0 Å². The van der Waals surface area contributed by atoms with Crippen LogP contribution in [0.15, 0.2) is 36.4 Å². The van der Waals surface area contributed by atoms with E-state index >= 15 is 0 Å². The molecule has 0 spiro atoms. The number of halogens is 2. The van der Waals surface area contributed by atoms with Crippen LogP contribution in [0.3, 0.4) is 0 Å². The zero-order valence-corrected chi connectivity index (χ0v) is 13.4. The monoisotopic (exact) mass is 342 g/mol. The molecule has 2 aromatic rings. The summed E-state index contributed by atoms with van der Waals surface area (Å²) in [6, 6.07) is 8.41. The molecule has 0 atom stereocenters. The molecule has 1 saturated carbocycles. The van der Waals surface area contributed by atoms with Crippen molar-refractivity contribution in [2.75, 3.05) is 16.8 Å². The fourth-order valence-corrected chi connectivity index (χ4v) is 3.08. The summed E-state index contributed by atoms with van der Waals surface area (Å²) in [7, 11) is 0. The minimum atomic E-state index is -1.07. The fourth-order valence-electron chi connectivity index (χ4n) is 3.08. The first kappa shape index (κ1) is 15.7. The molecule has 2 aromatic carbocycles. The molecule has 0 bridgehead atoms. The molecule has 25 heavy (non-hydrogen) atoms. The Morgan fingerprint density at radius 1 is 1.04 bits per heavy atom. The van der Waals surface area contributed by atoms with Gasteiger partial charge in [0.1, 0.15) is 0 Å². The number of benzene rings is 2. The van der Waals surface area contributed by atoms with Crippen molar-refractivity contribution >= 4 is 23.2 Å². The van der Waals surface area contributed by atoms with Crippen LogP contribution < -0.4 is 10.2 Å². The number of anilines is 2. The Balaban J connectivity index is 1.55. The molecule has 2 aliphatic rings. The summed E-state index contributed by atoms with van der Waals surface area (Å²) in [6.45, 7) is 0.658. The van der Waals surface area contributed by atoms with Crippen LogP contribution in [0.25, 0.3) is 0 Å².